The van der Waals surface area contributed by atoms with Crippen LogP contribution in [-0.4, -0.2) is 32.0 Å². The lowest BCUT2D eigenvalue weighted by molar-refractivity contribution is -0.128. The van der Waals surface area contributed by atoms with E-state index < -0.39 is 5.41 Å². The molecule has 1 saturated carbocycles. The Morgan fingerprint density at radius 3 is 2.37 bits per heavy atom. The fraction of sp³-hybridized carbons (Fsp3) is 0.429. The highest BCUT2D eigenvalue weighted by Crippen LogP contribution is 2.40. The summed E-state index contributed by atoms with van der Waals surface area (Å²) in [5.41, 5.74) is 0.523. The molecule has 27 heavy (non-hydrogen) atoms. The molecule has 1 aromatic heterocycles. The highest BCUT2D eigenvalue weighted by Gasteiger charge is 2.40. The highest BCUT2D eigenvalue weighted by molar-refractivity contribution is 5.91. The maximum Gasteiger partial charge on any atom is 0.287 e. The Morgan fingerprint density at radius 2 is 1.74 bits per heavy atom. The van der Waals surface area contributed by atoms with E-state index in [0.29, 0.717) is 13.1 Å². The Labute approximate surface area is 159 Å². The van der Waals surface area contributed by atoms with Gasteiger partial charge in [-0.3, -0.25) is 9.59 Å². The Hall–Kier alpha value is -2.76. The first kappa shape index (κ1) is 19.0. The highest BCUT2D eigenvalue weighted by atomic mass is 16.5. The van der Waals surface area contributed by atoms with Crippen molar-refractivity contribution in [2.24, 2.45) is 0 Å². The van der Waals surface area contributed by atoms with E-state index >= 15 is 0 Å². The van der Waals surface area contributed by atoms with Gasteiger partial charge in [0.25, 0.3) is 5.91 Å². The molecular formula is C21H26N2O4. The topological polar surface area (TPSA) is 80.6 Å². The number of hydrogen-bond acceptors (Lipinski definition) is 4. The van der Waals surface area contributed by atoms with Crippen LogP contribution in [0.5, 0.6) is 5.75 Å². The molecule has 144 valence electrons. The zero-order chi connectivity index (χ0) is 19.1. The molecule has 6 heteroatoms. The van der Waals surface area contributed by atoms with Gasteiger partial charge in [0.2, 0.25) is 5.91 Å². The molecular weight excluding hydrogens is 344 g/mol. The van der Waals surface area contributed by atoms with Crippen molar-refractivity contribution >= 4 is 11.8 Å². The van der Waals surface area contributed by atoms with Gasteiger partial charge in [-0.1, -0.05) is 31.4 Å². The van der Waals surface area contributed by atoms with Crippen molar-refractivity contribution in [2.45, 2.75) is 37.5 Å². The number of rotatable bonds is 7. The molecule has 0 unspecified atom stereocenters. The number of benzene rings is 1. The van der Waals surface area contributed by atoms with Gasteiger partial charge in [0, 0.05) is 13.1 Å². The van der Waals surface area contributed by atoms with Crippen molar-refractivity contribution in [3.05, 3.63) is 54.0 Å². The zero-order valence-corrected chi connectivity index (χ0v) is 15.6. The summed E-state index contributed by atoms with van der Waals surface area (Å²) in [6, 6.07) is 11.1. The van der Waals surface area contributed by atoms with Crippen LogP contribution < -0.4 is 15.4 Å². The van der Waals surface area contributed by atoms with Gasteiger partial charge in [-0.05, 0) is 42.7 Å². The van der Waals surface area contributed by atoms with E-state index in [0.717, 1.165) is 43.4 Å². The normalized spacial score (nSPS) is 15.7. The number of carbonyl (C=O) groups is 2. The smallest absolute Gasteiger partial charge is 0.287 e. The molecule has 1 aromatic carbocycles. The second-order valence-corrected chi connectivity index (χ2v) is 6.86. The molecule has 1 heterocycles. The summed E-state index contributed by atoms with van der Waals surface area (Å²) < 4.78 is 10.3. The van der Waals surface area contributed by atoms with E-state index in [2.05, 4.69) is 10.6 Å². The Bertz CT molecular complexity index is 747. The van der Waals surface area contributed by atoms with Crippen molar-refractivity contribution in [3.8, 4) is 5.75 Å². The van der Waals surface area contributed by atoms with Crippen LogP contribution >= 0.6 is 0 Å². The minimum absolute atomic E-state index is 0.0274. The molecule has 1 fully saturated rings. The SMILES string of the molecule is COc1ccc(C2(C(=O)NCCNC(=O)c3ccco3)CCCCC2)cc1. The minimum Gasteiger partial charge on any atom is -0.497 e. The predicted molar refractivity (Wildman–Crippen MR) is 102 cm³/mol. The maximum atomic E-state index is 13.1. The lowest BCUT2D eigenvalue weighted by Gasteiger charge is -2.36. The molecule has 0 atom stereocenters. The second kappa shape index (κ2) is 8.75. The van der Waals surface area contributed by atoms with Gasteiger partial charge in [0.1, 0.15) is 5.75 Å². The van der Waals surface area contributed by atoms with Crippen LogP contribution in [0.2, 0.25) is 0 Å². The van der Waals surface area contributed by atoms with Crippen molar-refractivity contribution in [1.29, 1.82) is 0 Å². The molecule has 0 saturated heterocycles. The number of amides is 2. The van der Waals surface area contributed by atoms with Gasteiger partial charge in [0.05, 0.1) is 18.8 Å². The molecule has 1 aliphatic carbocycles. The summed E-state index contributed by atoms with van der Waals surface area (Å²) in [7, 11) is 1.63. The monoisotopic (exact) mass is 370 g/mol. The molecule has 0 spiro atoms. The van der Waals surface area contributed by atoms with Crippen LogP contribution in [0.15, 0.2) is 47.1 Å². The van der Waals surface area contributed by atoms with Gasteiger partial charge in [-0.2, -0.15) is 0 Å². The fourth-order valence-corrected chi connectivity index (χ4v) is 3.73. The molecule has 3 rings (SSSR count). The molecule has 0 aliphatic heterocycles. The Morgan fingerprint density at radius 1 is 1.04 bits per heavy atom. The summed E-state index contributed by atoms with van der Waals surface area (Å²) in [5, 5.41) is 5.75. The van der Waals surface area contributed by atoms with Crippen LogP contribution in [0, 0.1) is 0 Å². The van der Waals surface area contributed by atoms with Crippen molar-refractivity contribution in [3.63, 3.8) is 0 Å². The molecule has 1 aliphatic rings. The van der Waals surface area contributed by atoms with E-state index in [1.807, 2.05) is 24.3 Å². The molecule has 6 nitrogen and oxygen atoms in total. The van der Waals surface area contributed by atoms with E-state index in [9.17, 15) is 9.59 Å². The van der Waals surface area contributed by atoms with E-state index in [1.165, 1.54) is 6.26 Å². The van der Waals surface area contributed by atoms with E-state index in [-0.39, 0.29) is 17.6 Å². The number of methoxy groups -OCH3 is 1. The Kier molecular flexibility index (Phi) is 6.16. The molecule has 2 N–H and O–H groups in total. The molecule has 2 amide bonds. The lowest BCUT2D eigenvalue weighted by Crippen LogP contribution is -2.47. The third kappa shape index (κ3) is 4.32. The summed E-state index contributed by atoms with van der Waals surface area (Å²) >= 11 is 0. The summed E-state index contributed by atoms with van der Waals surface area (Å²) in [5.74, 6) is 0.797. The standard InChI is InChI=1S/C21H26N2O4/c1-26-17-9-7-16(8-10-17)21(11-3-2-4-12-21)20(25)23-14-13-22-19(24)18-6-5-15-27-18/h5-10,15H,2-4,11-14H2,1H3,(H,22,24)(H,23,25). The average Bonchev–Trinajstić information content (AvgIpc) is 3.26. The quantitative estimate of drug-likeness (QED) is 0.734. The Balaban J connectivity index is 1.60. The van der Waals surface area contributed by atoms with Gasteiger partial charge in [0.15, 0.2) is 5.76 Å². The first-order valence-electron chi connectivity index (χ1n) is 9.40. The predicted octanol–water partition coefficient (Wildman–Crippen LogP) is 3.04. The largest absolute Gasteiger partial charge is 0.497 e. The van der Waals surface area contributed by atoms with E-state index in [4.69, 9.17) is 9.15 Å². The molecule has 2 aromatic rings. The summed E-state index contributed by atoms with van der Waals surface area (Å²) in [4.78, 5) is 24.9. The fourth-order valence-electron chi connectivity index (χ4n) is 3.73. The third-order valence-corrected chi connectivity index (χ3v) is 5.23. The number of ether oxygens (including phenoxy) is 1. The minimum atomic E-state index is -0.504. The van der Waals surface area contributed by atoms with Crippen LogP contribution in [0.25, 0.3) is 0 Å². The van der Waals surface area contributed by atoms with Gasteiger partial charge in [-0.15, -0.1) is 0 Å². The van der Waals surface area contributed by atoms with Crippen molar-refractivity contribution < 1.29 is 18.7 Å². The molecule has 0 radical (unpaired) electrons. The first-order chi connectivity index (χ1) is 13.2. The molecule has 0 bridgehead atoms. The summed E-state index contributed by atoms with van der Waals surface area (Å²) in [6.07, 6.45) is 6.36. The lowest BCUT2D eigenvalue weighted by atomic mass is 9.68. The zero-order valence-electron chi connectivity index (χ0n) is 15.6. The maximum absolute atomic E-state index is 13.1. The third-order valence-electron chi connectivity index (χ3n) is 5.23. The van der Waals surface area contributed by atoms with Crippen LogP contribution in [0.1, 0.15) is 48.2 Å². The van der Waals surface area contributed by atoms with E-state index in [1.54, 1.807) is 19.2 Å². The second-order valence-electron chi connectivity index (χ2n) is 6.86. The van der Waals surface area contributed by atoms with Crippen LogP contribution in [-0.2, 0) is 10.2 Å². The van der Waals surface area contributed by atoms with Gasteiger partial charge in [-0.25, -0.2) is 0 Å². The van der Waals surface area contributed by atoms with Crippen LogP contribution in [0.4, 0.5) is 0 Å². The van der Waals surface area contributed by atoms with Crippen molar-refractivity contribution in [1.82, 2.24) is 10.6 Å². The number of nitrogens with one attached hydrogen (secondary N) is 2. The number of hydrogen-bond donors (Lipinski definition) is 2. The number of furan rings is 1. The van der Waals surface area contributed by atoms with Crippen molar-refractivity contribution in [2.75, 3.05) is 20.2 Å². The van der Waals surface area contributed by atoms with Crippen LogP contribution in [0.3, 0.4) is 0 Å². The summed E-state index contributed by atoms with van der Waals surface area (Å²) in [6.45, 7) is 0.729. The first-order valence-corrected chi connectivity index (χ1v) is 9.40. The number of carbonyl (C=O) groups excluding carboxylic acids is 2. The van der Waals surface area contributed by atoms with Gasteiger partial charge < -0.3 is 19.8 Å². The van der Waals surface area contributed by atoms with Gasteiger partial charge >= 0.3 is 0 Å². The average molecular weight is 370 g/mol.